The lowest BCUT2D eigenvalue weighted by Crippen LogP contribution is -2.13. The number of carbonyl (C=O) groups excluding carboxylic acids is 1. The molecule has 5 nitrogen and oxygen atoms in total. The first-order valence-corrected chi connectivity index (χ1v) is 5.94. The molecular formula is C11H9IN4O. The van der Waals surface area contributed by atoms with Gasteiger partial charge in [-0.1, -0.05) is 0 Å². The Morgan fingerprint density at radius 1 is 1.29 bits per heavy atom. The van der Waals surface area contributed by atoms with Gasteiger partial charge in [-0.3, -0.25) is 4.79 Å². The molecule has 0 radical (unpaired) electrons. The van der Waals surface area contributed by atoms with E-state index in [-0.39, 0.29) is 5.91 Å². The van der Waals surface area contributed by atoms with Crippen LogP contribution < -0.4 is 5.32 Å². The average molecular weight is 340 g/mol. The highest BCUT2D eigenvalue weighted by molar-refractivity contribution is 14.1. The molecular weight excluding hydrogens is 331 g/mol. The Bertz CT molecular complexity index is 544. The van der Waals surface area contributed by atoms with E-state index in [2.05, 4.69) is 42.9 Å². The van der Waals surface area contributed by atoms with E-state index in [1.54, 1.807) is 6.07 Å². The largest absolute Gasteiger partial charge is 0.306 e. The third-order valence-corrected chi connectivity index (χ3v) is 3.23. The summed E-state index contributed by atoms with van der Waals surface area (Å²) in [7, 11) is 0. The molecule has 6 heteroatoms. The molecule has 0 aliphatic heterocycles. The summed E-state index contributed by atoms with van der Waals surface area (Å²) < 4.78 is 1.06. The van der Waals surface area contributed by atoms with Crippen LogP contribution >= 0.6 is 22.6 Å². The predicted molar refractivity (Wildman–Crippen MR) is 71.7 cm³/mol. The van der Waals surface area contributed by atoms with Gasteiger partial charge in [-0.25, -0.2) is 15.0 Å². The number of hydrogen-bond donors (Lipinski definition) is 1. The first-order valence-electron chi connectivity index (χ1n) is 4.86. The fraction of sp³-hybridized carbons (Fsp3) is 0.0909. The van der Waals surface area contributed by atoms with Crippen LogP contribution in [-0.2, 0) is 0 Å². The summed E-state index contributed by atoms with van der Waals surface area (Å²) in [5.41, 5.74) is 1.29. The van der Waals surface area contributed by atoms with Gasteiger partial charge in [0.15, 0.2) is 0 Å². The van der Waals surface area contributed by atoms with Gasteiger partial charge in [0.05, 0.1) is 11.3 Å². The van der Waals surface area contributed by atoms with Gasteiger partial charge < -0.3 is 5.32 Å². The van der Waals surface area contributed by atoms with Gasteiger partial charge in [0.1, 0.15) is 12.1 Å². The molecule has 1 N–H and O–H groups in total. The van der Waals surface area contributed by atoms with Gasteiger partial charge in [0.2, 0.25) is 0 Å². The monoisotopic (exact) mass is 340 g/mol. The van der Waals surface area contributed by atoms with Crippen molar-refractivity contribution in [1.82, 2.24) is 15.0 Å². The fourth-order valence-corrected chi connectivity index (χ4v) is 1.52. The number of rotatable bonds is 2. The minimum atomic E-state index is -0.265. The Kier molecular flexibility index (Phi) is 3.62. The smallest absolute Gasteiger partial charge is 0.259 e. The molecule has 86 valence electrons. The van der Waals surface area contributed by atoms with Crippen molar-refractivity contribution >= 4 is 34.3 Å². The maximum absolute atomic E-state index is 11.8. The van der Waals surface area contributed by atoms with Gasteiger partial charge in [0.25, 0.3) is 5.91 Å². The van der Waals surface area contributed by atoms with E-state index in [1.807, 2.05) is 13.0 Å². The van der Waals surface area contributed by atoms with Crippen molar-refractivity contribution in [2.45, 2.75) is 6.92 Å². The zero-order valence-electron chi connectivity index (χ0n) is 9.01. The molecule has 0 atom stereocenters. The lowest BCUT2D eigenvalue weighted by Gasteiger charge is -2.05. The van der Waals surface area contributed by atoms with Gasteiger partial charge in [-0.15, -0.1) is 0 Å². The number of halogens is 1. The van der Waals surface area contributed by atoms with Crippen LogP contribution in [0.2, 0.25) is 0 Å². The number of aryl methyl sites for hydroxylation is 1. The summed E-state index contributed by atoms with van der Waals surface area (Å²) in [5.74, 6) is 0.260. The number of amides is 1. The molecule has 0 fully saturated rings. The van der Waals surface area contributed by atoms with Crippen molar-refractivity contribution in [3.05, 3.63) is 45.7 Å². The van der Waals surface area contributed by atoms with Crippen LogP contribution in [0.3, 0.4) is 0 Å². The van der Waals surface area contributed by atoms with Crippen LogP contribution in [0.5, 0.6) is 0 Å². The quantitative estimate of drug-likeness (QED) is 0.850. The number of pyridine rings is 1. The van der Waals surface area contributed by atoms with Gasteiger partial charge >= 0.3 is 0 Å². The Balaban J connectivity index is 2.16. The molecule has 0 bridgehead atoms. The second kappa shape index (κ2) is 5.17. The molecule has 1 amide bonds. The molecule has 0 saturated heterocycles. The molecule has 0 spiro atoms. The molecule has 0 unspecified atom stereocenters. The lowest BCUT2D eigenvalue weighted by atomic mass is 10.3. The number of aromatic nitrogens is 3. The first-order chi connectivity index (χ1) is 8.16. The van der Waals surface area contributed by atoms with Crippen LogP contribution in [0.15, 0.2) is 30.9 Å². The minimum absolute atomic E-state index is 0.265. The summed E-state index contributed by atoms with van der Waals surface area (Å²) >= 11 is 2.19. The normalized spacial score (nSPS) is 10.0. The Hall–Kier alpha value is -1.57. The van der Waals surface area contributed by atoms with Crippen molar-refractivity contribution in [2.24, 2.45) is 0 Å². The molecule has 2 rings (SSSR count). The number of nitrogens with zero attached hydrogens (tertiary/aromatic N) is 3. The summed E-state index contributed by atoms with van der Waals surface area (Å²) in [5, 5.41) is 2.69. The Labute approximate surface area is 112 Å². The van der Waals surface area contributed by atoms with E-state index in [1.165, 1.54) is 18.7 Å². The number of nitrogens with one attached hydrogen (secondary N) is 1. The van der Waals surface area contributed by atoms with Crippen molar-refractivity contribution in [3.63, 3.8) is 0 Å². The van der Waals surface area contributed by atoms with Crippen molar-refractivity contribution < 1.29 is 4.79 Å². The van der Waals surface area contributed by atoms with Crippen LogP contribution in [0, 0.1) is 10.5 Å². The lowest BCUT2D eigenvalue weighted by molar-refractivity contribution is 0.102. The van der Waals surface area contributed by atoms with Crippen LogP contribution in [0.25, 0.3) is 0 Å². The van der Waals surface area contributed by atoms with Crippen molar-refractivity contribution in [3.8, 4) is 0 Å². The number of anilines is 1. The van der Waals surface area contributed by atoms with E-state index >= 15 is 0 Å². The summed E-state index contributed by atoms with van der Waals surface area (Å²) in [6.07, 6.45) is 4.30. The van der Waals surface area contributed by atoms with Gasteiger partial charge in [-0.2, -0.15) is 0 Å². The maximum atomic E-state index is 11.8. The average Bonchev–Trinajstić information content (AvgIpc) is 2.35. The van der Waals surface area contributed by atoms with Crippen LogP contribution in [0.1, 0.15) is 16.1 Å². The van der Waals surface area contributed by atoms with Crippen molar-refractivity contribution in [2.75, 3.05) is 5.32 Å². The third-order valence-electron chi connectivity index (χ3n) is 2.09. The topological polar surface area (TPSA) is 67.8 Å². The zero-order valence-corrected chi connectivity index (χ0v) is 11.2. The van der Waals surface area contributed by atoms with E-state index in [4.69, 9.17) is 0 Å². The molecule has 2 aromatic heterocycles. The van der Waals surface area contributed by atoms with E-state index < -0.39 is 0 Å². The molecule has 0 saturated carbocycles. The number of carbonyl (C=O) groups is 1. The SMILES string of the molecule is Cc1nc(NC(=O)c2cncnc2)ccc1I. The van der Waals surface area contributed by atoms with Gasteiger partial charge in [0, 0.05) is 16.0 Å². The first kappa shape index (κ1) is 11.9. The third kappa shape index (κ3) is 2.96. The van der Waals surface area contributed by atoms with E-state index in [0.717, 1.165) is 9.26 Å². The maximum Gasteiger partial charge on any atom is 0.259 e. The molecule has 2 heterocycles. The second-order valence-corrected chi connectivity index (χ2v) is 4.51. The van der Waals surface area contributed by atoms with E-state index in [9.17, 15) is 4.79 Å². The zero-order chi connectivity index (χ0) is 12.3. The highest BCUT2D eigenvalue weighted by Crippen LogP contribution is 2.13. The summed E-state index contributed by atoms with van der Waals surface area (Å²) in [6, 6.07) is 3.66. The Morgan fingerprint density at radius 3 is 2.65 bits per heavy atom. The molecule has 0 aromatic carbocycles. The standard InChI is InChI=1S/C11H9IN4O/c1-7-9(12)2-3-10(15-7)16-11(17)8-4-13-6-14-5-8/h2-6H,1H3,(H,15,16,17). The summed E-state index contributed by atoms with van der Waals surface area (Å²) in [6.45, 7) is 1.89. The predicted octanol–water partition coefficient (Wildman–Crippen LogP) is 2.04. The minimum Gasteiger partial charge on any atom is -0.306 e. The molecule has 2 aromatic rings. The molecule has 0 aliphatic carbocycles. The molecule has 17 heavy (non-hydrogen) atoms. The highest BCUT2D eigenvalue weighted by atomic mass is 127. The Morgan fingerprint density at radius 2 is 2.00 bits per heavy atom. The van der Waals surface area contributed by atoms with E-state index in [0.29, 0.717) is 11.4 Å². The second-order valence-electron chi connectivity index (χ2n) is 3.35. The molecule has 0 aliphatic rings. The fourth-order valence-electron chi connectivity index (χ4n) is 1.22. The van der Waals surface area contributed by atoms with Gasteiger partial charge in [-0.05, 0) is 41.6 Å². The van der Waals surface area contributed by atoms with Crippen LogP contribution in [0.4, 0.5) is 5.82 Å². The highest BCUT2D eigenvalue weighted by Gasteiger charge is 2.07. The van der Waals surface area contributed by atoms with Crippen molar-refractivity contribution in [1.29, 1.82) is 0 Å². The number of hydrogen-bond acceptors (Lipinski definition) is 4. The van der Waals surface area contributed by atoms with Crippen LogP contribution in [-0.4, -0.2) is 20.9 Å². The summed E-state index contributed by atoms with van der Waals surface area (Å²) in [4.78, 5) is 23.6.